The summed E-state index contributed by atoms with van der Waals surface area (Å²) in [6.45, 7) is 20.0. The van der Waals surface area contributed by atoms with Gasteiger partial charge >= 0.3 is 5.97 Å². The predicted octanol–water partition coefficient (Wildman–Crippen LogP) is 9.33. The summed E-state index contributed by atoms with van der Waals surface area (Å²) in [7, 11) is 0. The Balaban J connectivity index is 1.06. The minimum absolute atomic E-state index is 0.0308. The van der Waals surface area contributed by atoms with E-state index in [-0.39, 0.29) is 75.0 Å². The molecule has 0 saturated heterocycles. The van der Waals surface area contributed by atoms with Gasteiger partial charge in [0.05, 0.1) is 5.92 Å². The first-order chi connectivity index (χ1) is 26.7. The van der Waals surface area contributed by atoms with E-state index >= 15 is 0 Å². The zero-order chi connectivity index (χ0) is 41.5. The Bertz CT molecular complexity index is 1830. The van der Waals surface area contributed by atoms with Gasteiger partial charge < -0.3 is 20.2 Å². The number of hydrogen-bond donors (Lipinski definition) is 2. The molecule has 11 unspecified atom stereocenters. The van der Waals surface area contributed by atoms with E-state index in [9.17, 15) is 24.0 Å². The number of amides is 2. The standard InChI is InChI=1S/C48H67ClN2O6/c1-27(2)39-35(53)25-48(22-23-50-43(56)45(6,7)51-41(54)29-10-12-31(49)13-11-29)21-16-34-32(40(39)48)14-15-37-46(34,8)19-17-36-44(4,5)38(18-20-47(36,37)9)57-42(55)33-24-30(26-52)28(33)3/h10-13,26-28,30,32-34,36-38H,14-25H2,1-9H3,(H,50,56)(H,51,54). The number of ether oxygens (including phenoxy) is 1. The van der Waals surface area contributed by atoms with Gasteiger partial charge in [0.2, 0.25) is 5.91 Å². The summed E-state index contributed by atoms with van der Waals surface area (Å²) >= 11 is 6.01. The van der Waals surface area contributed by atoms with Gasteiger partial charge in [0, 0.05) is 40.3 Å². The van der Waals surface area contributed by atoms with Gasteiger partial charge in [0.1, 0.15) is 17.9 Å². The first-order valence-electron chi connectivity index (χ1n) is 22.0. The van der Waals surface area contributed by atoms with Crippen molar-refractivity contribution in [3.63, 3.8) is 0 Å². The van der Waals surface area contributed by atoms with Gasteiger partial charge in [-0.25, -0.2) is 0 Å². The van der Waals surface area contributed by atoms with Crippen molar-refractivity contribution in [2.75, 3.05) is 6.54 Å². The van der Waals surface area contributed by atoms with Crippen molar-refractivity contribution in [3.05, 3.63) is 46.0 Å². The predicted molar refractivity (Wildman–Crippen MR) is 222 cm³/mol. The molecule has 5 fully saturated rings. The molecule has 312 valence electrons. The van der Waals surface area contributed by atoms with Crippen molar-refractivity contribution >= 4 is 41.5 Å². The van der Waals surface area contributed by atoms with E-state index in [1.54, 1.807) is 38.1 Å². The molecule has 11 atom stereocenters. The summed E-state index contributed by atoms with van der Waals surface area (Å²) < 4.78 is 6.38. The summed E-state index contributed by atoms with van der Waals surface area (Å²) in [4.78, 5) is 65.3. The van der Waals surface area contributed by atoms with Crippen LogP contribution >= 0.6 is 11.6 Å². The Morgan fingerprint density at radius 2 is 1.63 bits per heavy atom. The number of nitrogens with one attached hydrogen (secondary N) is 2. The molecule has 0 spiro atoms. The molecular formula is C48H67ClN2O6. The smallest absolute Gasteiger partial charge is 0.309 e. The fourth-order valence-electron chi connectivity index (χ4n) is 14.1. The number of allylic oxidation sites excluding steroid dienone is 2. The Labute approximate surface area is 345 Å². The van der Waals surface area contributed by atoms with Crippen molar-refractivity contribution in [3.8, 4) is 0 Å². The molecule has 2 N–H and O–H groups in total. The van der Waals surface area contributed by atoms with Crippen LogP contribution in [0, 0.1) is 69.0 Å². The molecule has 1 aromatic rings. The number of carbonyl (C=O) groups is 5. The summed E-state index contributed by atoms with van der Waals surface area (Å²) in [5.41, 5.74) is 1.65. The second-order valence-corrected chi connectivity index (χ2v) is 21.7. The summed E-state index contributed by atoms with van der Waals surface area (Å²) in [6.07, 6.45) is 11.2. The number of hydrogen-bond acceptors (Lipinski definition) is 6. The highest BCUT2D eigenvalue weighted by atomic mass is 35.5. The molecule has 0 radical (unpaired) electrons. The van der Waals surface area contributed by atoms with Crippen LogP contribution in [0.25, 0.3) is 0 Å². The number of halogens is 1. The van der Waals surface area contributed by atoms with Crippen LogP contribution in [0.4, 0.5) is 0 Å². The third-order valence-corrected chi connectivity index (χ3v) is 17.5. The molecule has 6 aliphatic carbocycles. The van der Waals surface area contributed by atoms with E-state index in [4.69, 9.17) is 16.3 Å². The number of esters is 1. The van der Waals surface area contributed by atoms with Crippen molar-refractivity contribution in [1.29, 1.82) is 0 Å². The van der Waals surface area contributed by atoms with Crippen LogP contribution in [-0.4, -0.2) is 48.0 Å². The molecule has 7 rings (SSSR count). The average molecular weight is 804 g/mol. The van der Waals surface area contributed by atoms with Crippen molar-refractivity contribution < 1.29 is 28.7 Å². The Kier molecular flexibility index (Phi) is 11.0. The van der Waals surface area contributed by atoms with Crippen LogP contribution in [0.2, 0.25) is 5.02 Å². The van der Waals surface area contributed by atoms with Crippen LogP contribution in [0.3, 0.4) is 0 Å². The number of carbonyl (C=O) groups excluding carboxylic acids is 5. The highest BCUT2D eigenvalue weighted by Crippen LogP contribution is 2.73. The summed E-state index contributed by atoms with van der Waals surface area (Å²) in [6, 6.07) is 6.61. The molecule has 2 amide bonds. The maximum Gasteiger partial charge on any atom is 0.309 e. The summed E-state index contributed by atoms with van der Waals surface area (Å²) in [5.74, 6) is 1.45. The average Bonchev–Trinajstić information content (AvgIpc) is 3.44. The molecule has 0 heterocycles. The van der Waals surface area contributed by atoms with E-state index in [2.05, 4.69) is 52.2 Å². The molecule has 0 aromatic heterocycles. The molecule has 9 heteroatoms. The zero-order valence-electron chi connectivity index (χ0n) is 35.9. The van der Waals surface area contributed by atoms with Crippen LogP contribution in [0.15, 0.2) is 35.4 Å². The number of ketones is 1. The zero-order valence-corrected chi connectivity index (χ0v) is 36.7. The van der Waals surface area contributed by atoms with Crippen molar-refractivity contribution in [1.82, 2.24) is 10.6 Å². The molecule has 8 nitrogen and oxygen atoms in total. The SMILES string of the molecule is CC(C)C1=C2C3CCC4C(C)(CCC5C(C)(C)C(OC(=O)C6CC(C=O)C6C)CCC54C)C3CCC2(CCNC(=O)C(C)(C)NC(=O)c2ccc(Cl)cc2)CC1=O. The van der Waals surface area contributed by atoms with Gasteiger partial charge in [-0.2, -0.15) is 0 Å². The minimum atomic E-state index is -1.13. The lowest BCUT2D eigenvalue weighted by atomic mass is 9.36. The van der Waals surface area contributed by atoms with E-state index in [0.717, 1.165) is 63.2 Å². The first kappa shape index (κ1) is 42.1. The molecule has 0 aliphatic heterocycles. The molecule has 57 heavy (non-hydrogen) atoms. The lowest BCUT2D eigenvalue weighted by molar-refractivity contribution is -0.217. The van der Waals surface area contributed by atoms with Crippen LogP contribution in [-0.2, 0) is 23.9 Å². The third kappa shape index (κ3) is 6.93. The molecular weight excluding hydrogens is 736 g/mol. The Morgan fingerprint density at radius 1 is 0.947 bits per heavy atom. The lowest BCUT2D eigenvalue weighted by Crippen LogP contribution is -2.63. The fraction of sp³-hybridized carbons (Fsp3) is 0.729. The van der Waals surface area contributed by atoms with Crippen LogP contribution in [0.5, 0.6) is 0 Å². The Morgan fingerprint density at radius 3 is 2.28 bits per heavy atom. The maximum atomic E-state index is 14.0. The highest BCUT2D eigenvalue weighted by molar-refractivity contribution is 6.30. The topological polar surface area (TPSA) is 119 Å². The lowest BCUT2D eigenvalue weighted by Gasteiger charge is -2.69. The molecule has 0 bridgehead atoms. The van der Waals surface area contributed by atoms with E-state index < -0.39 is 5.54 Å². The number of Topliss-reactive ketones (excluding diaryl/α,β-unsaturated/α-hetero) is 1. The molecule has 6 aliphatic rings. The Hall–Kier alpha value is -3.00. The second-order valence-electron chi connectivity index (χ2n) is 21.2. The first-order valence-corrected chi connectivity index (χ1v) is 22.4. The minimum Gasteiger partial charge on any atom is -0.462 e. The largest absolute Gasteiger partial charge is 0.462 e. The van der Waals surface area contributed by atoms with Gasteiger partial charge in [-0.1, -0.05) is 65.6 Å². The van der Waals surface area contributed by atoms with Gasteiger partial charge in [0.15, 0.2) is 5.78 Å². The van der Waals surface area contributed by atoms with Gasteiger partial charge in [-0.15, -0.1) is 0 Å². The number of fused-ring (bicyclic) bond motifs is 7. The van der Waals surface area contributed by atoms with E-state index in [1.165, 1.54) is 5.57 Å². The van der Waals surface area contributed by atoms with E-state index in [0.29, 0.717) is 60.1 Å². The monoisotopic (exact) mass is 802 g/mol. The van der Waals surface area contributed by atoms with Gasteiger partial charge in [-0.05, 0) is 154 Å². The molecule has 5 saturated carbocycles. The normalized spacial score (nSPS) is 38.2. The van der Waals surface area contributed by atoms with Crippen molar-refractivity contribution in [2.24, 2.45) is 69.0 Å². The van der Waals surface area contributed by atoms with Crippen LogP contribution in [0.1, 0.15) is 143 Å². The number of aldehydes is 1. The maximum absolute atomic E-state index is 14.0. The van der Waals surface area contributed by atoms with Crippen molar-refractivity contribution in [2.45, 2.75) is 145 Å². The quantitative estimate of drug-likeness (QED) is 0.180. The van der Waals surface area contributed by atoms with Crippen LogP contribution < -0.4 is 10.6 Å². The fourth-order valence-corrected chi connectivity index (χ4v) is 14.2. The summed E-state index contributed by atoms with van der Waals surface area (Å²) in [5, 5.41) is 6.58. The van der Waals surface area contributed by atoms with Gasteiger partial charge in [0.25, 0.3) is 5.91 Å². The number of benzene rings is 1. The van der Waals surface area contributed by atoms with Gasteiger partial charge in [-0.3, -0.25) is 19.2 Å². The molecule has 1 aromatic carbocycles. The number of rotatable bonds is 10. The second kappa shape index (κ2) is 14.9. The third-order valence-electron chi connectivity index (χ3n) is 17.2. The highest BCUT2D eigenvalue weighted by Gasteiger charge is 2.66. The van der Waals surface area contributed by atoms with E-state index in [1.807, 2.05) is 6.92 Å².